The summed E-state index contributed by atoms with van der Waals surface area (Å²) in [5.74, 6) is -0.352. The smallest absolute Gasteiger partial charge is 0.255 e. The van der Waals surface area contributed by atoms with E-state index in [1.165, 1.54) is 6.92 Å². The standard InChI is InChI=1S/C21H19N3O2/c1-15(25)22-18-9-7-16(8-10-18)21(26)24-20-13-11-19(12-14-20)23-17-5-3-2-4-6-17/h2-14,23H,1H3,(H,22,25)(H,24,26). The van der Waals surface area contributed by atoms with Crippen molar-refractivity contribution in [3.63, 3.8) is 0 Å². The van der Waals surface area contributed by atoms with Crippen molar-refractivity contribution in [2.45, 2.75) is 6.92 Å². The highest BCUT2D eigenvalue weighted by molar-refractivity contribution is 6.04. The largest absolute Gasteiger partial charge is 0.356 e. The predicted molar refractivity (Wildman–Crippen MR) is 105 cm³/mol. The van der Waals surface area contributed by atoms with Gasteiger partial charge in [0, 0.05) is 35.2 Å². The molecule has 0 spiro atoms. The summed E-state index contributed by atoms with van der Waals surface area (Å²) in [4.78, 5) is 23.3. The summed E-state index contributed by atoms with van der Waals surface area (Å²) < 4.78 is 0. The third kappa shape index (κ3) is 4.70. The zero-order chi connectivity index (χ0) is 18.4. The normalized spacial score (nSPS) is 10.0. The first kappa shape index (κ1) is 17.2. The van der Waals surface area contributed by atoms with E-state index in [9.17, 15) is 9.59 Å². The van der Waals surface area contributed by atoms with Gasteiger partial charge >= 0.3 is 0 Å². The van der Waals surface area contributed by atoms with Crippen LogP contribution in [-0.4, -0.2) is 11.8 Å². The fraction of sp³-hybridized carbons (Fsp3) is 0.0476. The Bertz CT molecular complexity index is 889. The van der Waals surface area contributed by atoms with Crippen LogP contribution in [0.5, 0.6) is 0 Å². The molecule has 0 atom stereocenters. The molecule has 0 radical (unpaired) electrons. The molecule has 0 aliphatic carbocycles. The van der Waals surface area contributed by atoms with Gasteiger partial charge in [0.1, 0.15) is 0 Å². The van der Waals surface area contributed by atoms with Gasteiger partial charge in [0.15, 0.2) is 0 Å². The lowest BCUT2D eigenvalue weighted by atomic mass is 10.2. The summed E-state index contributed by atoms with van der Waals surface area (Å²) in [6, 6.07) is 24.1. The van der Waals surface area contributed by atoms with Gasteiger partial charge in [-0.1, -0.05) is 18.2 Å². The summed E-state index contributed by atoms with van der Waals surface area (Å²) in [7, 11) is 0. The molecule has 0 aliphatic rings. The first-order valence-electron chi connectivity index (χ1n) is 8.21. The van der Waals surface area contributed by atoms with Crippen LogP contribution in [0.3, 0.4) is 0 Å². The fourth-order valence-electron chi connectivity index (χ4n) is 2.44. The van der Waals surface area contributed by atoms with Crippen molar-refractivity contribution in [3.05, 3.63) is 84.4 Å². The summed E-state index contributed by atoms with van der Waals surface area (Å²) in [6.45, 7) is 1.44. The van der Waals surface area contributed by atoms with Crippen molar-refractivity contribution in [3.8, 4) is 0 Å². The van der Waals surface area contributed by atoms with E-state index < -0.39 is 0 Å². The highest BCUT2D eigenvalue weighted by atomic mass is 16.2. The molecule has 0 saturated carbocycles. The first-order valence-corrected chi connectivity index (χ1v) is 8.21. The molecule has 0 fully saturated rings. The first-order chi connectivity index (χ1) is 12.6. The minimum absolute atomic E-state index is 0.147. The Kier molecular flexibility index (Phi) is 5.29. The molecular weight excluding hydrogens is 326 g/mol. The number of carbonyl (C=O) groups is 2. The fourth-order valence-corrected chi connectivity index (χ4v) is 2.44. The Morgan fingerprint density at radius 1 is 0.615 bits per heavy atom. The summed E-state index contributed by atoms with van der Waals surface area (Å²) in [5, 5.41) is 8.82. The minimum Gasteiger partial charge on any atom is -0.356 e. The van der Waals surface area contributed by atoms with E-state index >= 15 is 0 Å². The molecule has 3 N–H and O–H groups in total. The Hall–Kier alpha value is -3.60. The molecule has 0 aromatic heterocycles. The molecule has 0 aliphatic heterocycles. The molecule has 0 unspecified atom stereocenters. The Balaban J connectivity index is 1.61. The molecule has 2 amide bonds. The number of amides is 2. The lowest BCUT2D eigenvalue weighted by Gasteiger charge is -2.09. The van der Waals surface area contributed by atoms with Crippen LogP contribution >= 0.6 is 0 Å². The molecular formula is C21H19N3O2. The van der Waals surface area contributed by atoms with Crippen LogP contribution in [0.4, 0.5) is 22.7 Å². The maximum Gasteiger partial charge on any atom is 0.255 e. The molecule has 3 aromatic rings. The van der Waals surface area contributed by atoms with Gasteiger partial charge in [-0.3, -0.25) is 9.59 Å². The lowest BCUT2D eigenvalue weighted by Crippen LogP contribution is -2.12. The summed E-state index contributed by atoms with van der Waals surface area (Å²) in [5.41, 5.74) is 3.83. The average Bonchev–Trinajstić information content (AvgIpc) is 2.64. The van der Waals surface area contributed by atoms with Crippen LogP contribution in [-0.2, 0) is 4.79 Å². The number of hydrogen-bond acceptors (Lipinski definition) is 3. The number of rotatable bonds is 5. The topological polar surface area (TPSA) is 70.2 Å². The summed E-state index contributed by atoms with van der Waals surface area (Å²) >= 11 is 0. The number of para-hydroxylation sites is 1. The van der Waals surface area contributed by atoms with E-state index in [0.29, 0.717) is 16.9 Å². The highest BCUT2D eigenvalue weighted by Crippen LogP contribution is 2.19. The lowest BCUT2D eigenvalue weighted by molar-refractivity contribution is -0.114. The Morgan fingerprint density at radius 2 is 1.12 bits per heavy atom. The number of hydrogen-bond donors (Lipinski definition) is 3. The highest BCUT2D eigenvalue weighted by Gasteiger charge is 2.06. The second kappa shape index (κ2) is 7.98. The van der Waals surface area contributed by atoms with Crippen LogP contribution in [0.25, 0.3) is 0 Å². The van der Waals surface area contributed by atoms with Gasteiger partial charge in [0.05, 0.1) is 0 Å². The molecule has 5 heteroatoms. The second-order valence-electron chi connectivity index (χ2n) is 5.78. The van der Waals surface area contributed by atoms with Crippen LogP contribution in [0.15, 0.2) is 78.9 Å². The number of anilines is 4. The molecule has 130 valence electrons. The molecule has 3 rings (SSSR count). The number of carbonyl (C=O) groups excluding carboxylic acids is 2. The SMILES string of the molecule is CC(=O)Nc1ccc(C(=O)Nc2ccc(Nc3ccccc3)cc2)cc1. The van der Waals surface area contributed by atoms with Crippen molar-refractivity contribution < 1.29 is 9.59 Å². The number of nitrogens with one attached hydrogen (secondary N) is 3. The van der Waals surface area contributed by atoms with E-state index in [-0.39, 0.29) is 11.8 Å². The predicted octanol–water partition coefficient (Wildman–Crippen LogP) is 4.64. The third-order valence-electron chi connectivity index (χ3n) is 3.67. The maximum atomic E-state index is 12.3. The van der Waals surface area contributed by atoms with Crippen molar-refractivity contribution in [2.75, 3.05) is 16.0 Å². The number of benzene rings is 3. The van der Waals surface area contributed by atoms with E-state index in [1.54, 1.807) is 24.3 Å². The van der Waals surface area contributed by atoms with Crippen molar-refractivity contribution in [2.24, 2.45) is 0 Å². The molecule has 0 saturated heterocycles. The van der Waals surface area contributed by atoms with Crippen LogP contribution in [0, 0.1) is 0 Å². The Morgan fingerprint density at radius 3 is 1.73 bits per heavy atom. The van der Waals surface area contributed by atoms with Crippen LogP contribution in [0.2, 0.25) is 0 Å². The van der Waals surface area contributed by atoms with E-state index in [2.05, 4.69) is 16.0 Å². The zero-order valence-electron chi connectivity index (χ0n) is 14.3. The van der Waals surface area contributed by atoms with Gasteiger partial charge in [0.25, 0.3) is 5.91 Å². The van der Waals surface area contributed by atoms with Gasteiger partial charge in [-0.25, -0.2) is 0 Å². The van der Waals surface area contributed by atoms with E-state index in [0.717, 1.165) is 11.4 Å². The molecule has 0 bridgehead atoms. The van der Waals surface area contributed by atoms with E-state index in [4.69, 9.17) is 0 Å². The van der Waals surface area contributed by atoms with Gasteiger partial charge in [-0.15, -0.1) is 0 Å². The van der Waals surface area contributed by atoms with E-state index in [1.807, 2.05) is 54.6 Å². The van der Waals surface area contributed by atoms with Crippen molar-refractivity contribution in [1.29, 1.82) is 0 Å². The van der Waals surface area contributed by atoms with Crippen molar-refractivity contribution >= 4 is 34.6 Å². The van der Waals surface area contributed by atoms with Crippen LogP contribution in [0.1, 0.15) is 17.3 Å². The van der Waals surface area contributed by atoms with Gasteiger partial charge < -0.3 is 16.0 Å². The maximum absolute atomic E-state index is 12.3. The third-order valence-corrected chi connectivity index (χ3v) is 3.67. The Labute approximate surface area is 152 Å². The van der Waals surface area contributed by atoms with Gasteiger partial charge in [-0.2, -0.15) is 0 Å². The molecule has 26 heavy (non-hydrogen) atoms. The van der Waals surface area contributed by atoms with Gasteiger partial charge in [-0.05, 0) is 60.7 Å². The van der Waals surface area contributed by atoms with Crippen molar-refractivity contribution in [1.82, 2.24) is 0 Å². The molecule has 5 nitrogen and oxygen atoms in total. The van der Waals surface area contributed by atoms with Crippen LogP contribution < -0.4 is 16.0 Å². The average molecular weight is 345 g/mol. The van der Waals surface area contributed by atoms with Gasteiger partial charge in [0.2, 0.25) is 5.91 Å². The molecule has 3 aromatic carbocycles. The minimum atomic E-state index is -0.205. The molecule has 0 heterocycles. The monoisotopic (exact) mass is 345 g/mol. The quantitative estimate of drug-likeness (QED) is 0.631. The second-order valence-corrected chi connectivity index (χ2v) is 5.78. The zero-order valence-corrected chi connectivity index (χ0v) is 14.3. The summed E-state index contributed by atoms with van der Waals surface area (Å²) in [6.07, 6.45) is 0.